The molecule has 1 saturated carbocycles. The number of anilines is 5. The van der Waals surface area contributed by atoms with E-state index in [-0.39, 0.29) is 71.8 Å². The highest BCUT2D eigenvalue weighted by molar-refractivity contribution is 7.90. The van der Waals surface area contributed by atoms with Gasteiger partial charge in [0.05, 0.1) is 91.1 Å². The third kappa shape index (κ3) is 10.7. The van der Waals surface area contributed by atoms with Gasteiger partial charge >= 0.3 is 0 Å². The molecule has 0 radical (unpaired) electrons. The van der Waals surface area contributed by atoms with Crippen LogP contribution < -0.4 is 38.9 Å². The van der Waals surface area contributed by atoms with E-state index in [4.69, 9.17) is 43.1 Å². The number of nitro groups is 1. The van der Waals surface area contributed by atoms with Crippen molar-refractivity contribution in [3.05, 3.63) is 117 Å². The molecule has 6 aromatic rings. The van der Waals surface area contributed by atoms with E-state index in [2.05, 4.69) is 83.7 Å². The van der Waals surface area contributed by atoms with Gasteiger partial charge < -0.3 is 58.2 Å². The molecule has 23 nitrogen and oxygen atoms in total. The summed E-state index contributed by atoms with van der Waals surface area (Å²) in [7, 11) is -2.99. The van der Waals surface area contributed by atoms with Crippen LogP contribution in [0.5, 0.6) is 17.4 Å². The number of aromatic nitrogens is 3. The molecule has 3 aromatic carbocycles. The quantitative estimate of drug-likeness (QED) is 0.0772. The van der Waals surface area contributed by atoms with Gasteiger partial charge in [0, 0.05) is 101 Å². The first-order valence-corrected chi connectivity index (χ1v) is 33.1. The van der Waals surface area contributed by atoms with Crippen LogP contribution >= 0.6 is 0 Å². The SMILES string of the molecule is COc1cc2c(nc1N1CCOC[C@@H]1C)COC[C@@H]2N1CCN(C2CC3(CCN(c4ccc(C(=O)NS(=O)(=O)c5cc6c(c([N+](=O)[O-])c5)N[C@H](C5CCOCC5)CO6)c(N5c6cc7cc[nH]c7nc6O[C@H]6COCC[C@@H]65)c4)CC3)C2)[C@H](c2ccccc2C)C1. The Morgan fingerprint density at radius 2 is 1.66 bits per heavy atom. The molecule has 6 fully saturated rings. The number of H-pyrrole nitrogens is 1. The number of rotatable bonds is 12. The largest absolute Gasteiger partial charge is 0.493 e. The van der Waals surface area contributed by atoms with Crippen molar-refractivity contribution in [2.45, 2.75) is 113 Å². The zero-order valence-corrected chi connectivity index (χ0v) is 51.4. The molecule has 3 aromatic heterocycles. The molecule has 5 saturated heterocycles. The number of carbonyl (C=O) groups is 1. The maximum atomic E-state index is 15.0. The van der Waals surface area contributed by atoms with Crippen molar-refractivity contribution in [3.8, 4) is 17.4 Å². The highest BCUT2D eigenvalue weighted by atomic mass is 32.2. The summed E-state index contributed by atoms with van der Waals surface area (Å²) in [5.41, 5.74) is 7.36. The second-order valence-corrected chi connectivity index (χ2v) is 27.4. The number of sulfonamides is 1. The van der Waals surface area contributed by atoms with Gasteiger partial charge in [-0.15, -0.1) is 0 Å². The van der Waals surface area contributed by atoms with E-state index in [1.165, 1.54) is 22.8 Å². The Hall–Kier alpha value is -7.32. The fourth-order valence-electron chi connectivity index (χ4n) is 15.8. The lowest BCUT2D eigenvalue weighted by Crippen LogP contribution is -2.60. The molecule has 1 spiro atoms. The number of ether oxygens (including phenoxy) is 7. The molecule has 15 rings (SSSR count). The van der Waals surface area contributed by atoms with E-state index < -0.39 is 37.5 Å². The number of fused-ring (bicyclic) bond motifs is 5. The molecule has 470 valence electrons. The lowest BCUT2D eigenvalue weighted by Gasteiger charge is -2.59. The molecule has 1 amide bonds. The predicted octanol–water partition coefficient (Wildman–Crippen LogP) is 8.19. The minimum Gasteiger partial charge on any atom is -0.493 e. The number of aryl methyl sites for hydroxylation is 1. The average Bonchev–Trinajstić information content (AvgIpc) is 1.34. The summed E-state index contributed by atoms with van der Waals surface area (Å²) < 4.78 is 73.7. The number of piperidine rings is 1. The molecule has 11 heterocycles. The number of amides is 1. The lowest BCUT2D eigenvalue weighted by atomic mass is 9.59. The zero-order valence-electron chi connectivity index (χ0n) is 50.6. The van der Waals surface area contributed by atoms with Gasteiger partial charge in [-0.2, -0.15) is 4.98 Å². The van der Waals surface area contributed by atoms with Gasteiger partial charge in [0.1, 0.15) is 24.0 Å². The van der Waals surface area contributed by atoms with Crippen molar-refractivity contribution in [3.63, 3.8) is 0 Å². The Morgan fingerprint density at radius 3 is 2.47 bits per heavy atom. The van der Waals surface area contributed by atoms with Crippen LogP contribution in [-0.4, -0.2) is 174 Å². The number of nitrogens with zero attached hydrogens (tertiary/aromatic N) is 8. The summed E-state index contributed by atoms with van der Waals surface area (Å²) in [4.78, 5) is 52.1. The number of nitro benzene ring substituents is 1. The van der Waals surface area contributed by atoms with Gasteiger partial charge in [-0.1, -0.05) is 24.3 Å². The second-order valence-electron chi connectivity index (χ2n) is 25.8. The van der Waals surface area contributed by atoms with Gasteiger partial charge in [0.25, 0.3) is 21.6 Å². The van der Waals surface area contributed by atoms with Crippen LogP contribution in [0, 0.1) is 28.4 Å². The Kier molecular flexibility index (Phi) is 15.3. The van der Waals surface area contributed by atoms with E-state index in [1.54, 1.807) is 13.2 Å². The fourth-order valence-corrected chi connectivity index (χ4v) is 16.8. The van der Waals surface area contributed by atoms with E-state index in [0.29, 0.717) is 81.6 Å². The summed E-state index contributed by atoms with van der Waals surface area (Å²) >= 11 is 0. The van der Waals surface area contributed by atoms with E-state index in [0.717, 1.165) is 112 Å². The number of nitrogens with one attached hydrogen (secondary N) is 3. The Balaban J connectivity index is 0.688. The summed E-state index contributed by atoms with van der Waals surface area (Å²) in [5, 5.41) is 16.8. The highest BCUT2D eigenvalue weighted by Gasteiger charge is 2.51. The van der Waals surface area contributed by atoms with Crippen LogP contribution in [0.1, 0.15) is 96.7 Å². The average molecular weight is 1240 g/mol. The number of hydrogen-bond acceptors (Lipinski definition) is 20. The topological polar surface area (TPSA) is 241 Å². The van der Waals surface area contributed by atoms with Crippen LogP contribution in [0.2, 0.25) is 0 Å². The lowest BCUT2D eigenvalue weighted by molar-refractivity contribution is -0.384. The maximum Gasteiger partial charge on any atom is 0.297 e. The molecule has 89 heavy (non-hydrogen) atoms. The Bertz CT molecular complexity index is 3810. The minimum absolute atomic E-state index is 0.0236. The molecule has 3 N–H and O–H groups in total. The zero-order chi connectivity index (χ0) is 60.7. The summed E-state index contributed by atoms with van der Waals surface area (Å²) in [5.74, 6) is 1.28. The molecular formula is C65H77N11O12S. The number of benzene rings is 3. The van der Waals surface area contributed by atoms with Gasteiger partial charge in [-0.3, -0.25) is 24.7 Å². The number of methoxy groups -OCH3 is 1. The van der Waals surface area contributed by atoms with E-state index in [1.807, 2.05) is 30.5 Å². The smallest absolute Gasteiger partial charge is 0.297 e. The fraction of sp³-hybridized carbons (Fsp3) is 0.523. The van der Waals surface area contributed by atoms with Gasteiger partial charge in [-0.05, 0) is 123 Å². The van der Waals surface area contributed by atoms with Crippen LogP contribution in [0.3, 0.4) is 0 Å². The van der Waals surface area contributed by atoms with Gasteiger partial charge in [0.15, 0.2) is 23.0 Å². The van der Waals surface area contributed by atoms with Crippen LogP contribution in [0.25, 0.3) is 11.0 Å². The molecule has 8 aliphatic heterocycles. The summed E-state index contributed by atoms with van der Waals surface area (Å²) in [6.45, 7) is 13.9. The normalized spacial score (nSPS) is 25.8. The van der Waals surface area contributed by atoms with Crippen molar-refractivity contribution >= 4 is 61.2 Å². The highest BCUT2D eigenvalue weighted by Crippen LogP contribution is 2.55. The number of hydrogen-bond donors (Lipinski definition) is 3. The molecule has 0 bridgehead atoms. The summed E-state index contributed by atoms with van der Waals surface area (Å²) in [6, 6.07) is 23.1. The first-order valence-electron chi connectivity index (χ1n) is 31.6. The number of aromatic amines is 1. The monoisotopic (exact) mass is 1240 g/mol. The van der Waals surface area contributed by atoms with Gasteiger partial charge in [-0.25, -0.2) is 18.1 Å². The molecule has 0 unspecified atom stereocenters. The number of pyridine rings is 2. The van der Waals surface area contributed by atoms with Crippen molar-refractivity contribution < 1.29 is 51.3 Å². The molecule has 9 aliphatic rings. The predicted molar refractivity (Wildman–Crippen MR) is 332 cm³/mol. The standard InChI is InChI=1S/C65H77N11O12S/c1-39-6-4-5-7-46(39)55-33-72(56-37-86-35-50-48(56)30-58(82-3)62(68-50)73-21-25-85-34-40(73)2)19-20-74(55)44-31-65(32-44)14-17-71(18-15-65)43-8-9-47(52(27-43)75-51-13-24-84-38-59(51)88-64-54(75)26-42-10-16-66-61(42)69-64)63(77)70-89(80,81)45-28-53(76(78)79)60-57(29-45)87-36-49(67-60)41-11-22-83-23-12-41/h4-10,16,26-30,40-41,44,49,51,55-56,59,67H,11-15,17-25,31-38H2,1-3H3,(H,66,69)(H,70,77)/t40-,49-,51-,55-,56-,59-/m0/s1. The minimum atomic E-state index is -4.73. The Morgan fingerprint density at radius 1 is 0.843 bits per heavy atom. The van der Waals surface area contributed by atoms with Crippen LogP contribution in [0.15, 0.2) is 83.9 Å². The maximum absolute atomic E-state index is 15.0. The van der Waals surface area contributed by atoms with Crippen molar-refractivity contribution in [1.29, 1.82) is 0 Å². The van der Waals surface area contributed by atoms with E-state index in [9.17, 15) is 18.5 Å². The van der Waals surface area contributed by atoms with Crippen LogP contribution in [0.4, 0.5) is 34.3 Å². The van der Waals surface area contributed by atoms with Crippen molar-refractivity contribution in [2.75, 3.05) is 119 Å². The van der Waals surface area contributed by atoms with E-state index >= 15 is 4.79 Å². The number of morpholine rings is 1. The summed E-state index contributed by atoms with van der Waals surface area (Å²) in [6.07, 6.45) is 7.62. The molecule has 24 heteroatoms. The number of carbonyl (C=O) groups excluding carboxylic acids is 1. The first-order chi connectivity index (χ1) is 43.3. The first kappa shape index (κ1) is 58.1. The third-order valence-corrected chi connectivity index (χ3v) is 22.0. The third-order valence-electron chi connectivity index (χ3n) is 20.7. The molecule has 1 aliphatic carbocycles. The molecule has 6 atom stereocenters. The van der Waals surface area contributed by atoms with Crippen molar-refractivity contribution in [2.24, 2.45) is 11.3 Å². The second kappa shape index (κ2) is 23.5. The van der Waals surface area contributed by atoms with Crippen molar-refractivity contribution in [1.82, 2.24) is 29.5 Å². The molecular weight excluding hydrogens is 1160 g/mol. The number of piperazine rings is 1. The van der Waals surface area contributed by atoms with Gasteiger partial charge in [0.2, 0.25) is 5.88 Å². The Labute approximate surface area is 517 Å². The van der Waals surface area contributed by atoms with Crippen LogP contribution in [-0.2, 0) is 35.6 Å².